The first kappa shape index (κ1) is 9.53. The molecular weight excluding hydrogens is 174 g/mol. The standard InChI is InChI=1S/C12H17NO/c13-8-12(9-2-1-3-9)10-4-6-11(14)7-5-10/h4-7,9,12,14H,1-3,8,13H2. The van der Waals surface area contributed by atoms with Crippen molar-refractivity contribution in [2.75, 3.05) is 6.54 Å². The Balaban J connectivity index is 2.14. The van der Waals surface area contributed by atoms with E-state index in [2.05, 4.69) is 0 Å². The van der Waals surface area contributed by atoms with E-state index in [-0.39, 0.29) is 0 Å². The third-order valence-corrected chi connectivity index (χ3v) is 3.29. The summed E-state index contributed by atoms with van der Waals surface area (Å²) in [7, 11) is 0. The van der Waals surface area contributed by atoms with Gasteiger partial charge >= 0.3 is 0 Å². The topological polar surface area (TPSA) is 46.2 Å². The minimum atomic E-state index is 0.332. The molecule has 0 heterocycles. The van der Waals surface area contributed by atoms with E-state index in [1.807, 2.05) is 12.1 Å². The first-order chi connectivity index (χ1) is 6.81. The molecule has 76 valence electrons. The summed E-state index contributed by atoms with van der Waals surface area (Å²) < 4.78 is 0. The van der Waals surface area contributed by atoms with Crippen LogP contribution < -0.4 is 5.73 Å². The van der Waals surface area contributed by atoms with Crippen molar-refractivity contribution >= 4 is 0 Å². The second-order valence-electron chi connectivity index (χ2n) is 4.12. The molecule has 0 spiro atoms. The Hall–Kier alpha value is -1.02. The molecule has 1 unspecified atom stereocenters. The van der Waals surface area contributed by atoms with Crippen LogP contribution in [-0.4, -0.2) is 11.7 Å². The SMILES string of the molecule is NCC(c1ccc(O)cc1)C1CCC1. The Morgan fingerprint density at radius 3 is 2.36 bits per heavy atom. The maximum Gasteiger partial charge on any atom is 0.115 e. The van der Waals surface area contributed by atoms with Crippen molar-refractivity contribution < 1.29 is 5.11 Å². The lowest BCUT2D eigenvalue weighted by atomic mass is 9.73. The highest BCUT2D eigenvalue weighted by Crippen LogP contribution is 2.38. The number of aromatic hydroxyl groups is 1. The number of benzene rings is 1. The normalized spacial score (nSPS) is 18.9. The van der Waals surface area contributed by atoms with Crippen molar-refractivity contribution in [2.24, 2.45) is 11.7 Å². The first-order valence-corrected chi connectivity index (χ1v) is 5.30. The Morgan fingerprint density at radius 1 is 1.29 bits per heavy atom. The third kappa shape index (κ3) is 1.75. The fourth-order valence-corrected chi connectivity index (χ4v) is 2.16. The van der Waals surface area contributed by atoms with Gasteiger partial charge in [-0.3, -0.25) is 0 Å². The van der Waals surface area contributed by atoms with E-state index in [0.29, 0.717) is 11.7 Å². The van der Waals surface area contributed by atoms with Gasteiger partial charge in [0.05, 0.1) is 0 Å². The largest absolute Gasteiger partial charge is 0.508 e. The maximum absolute atomic E-state index is 9.19. The Bertz CT molecular complexity index is 290. The number of phenolic OH excluding ortho intramolecular Hbond substituents is 1. The second-order valence-corrected chi connectivity index (χ2v) is 4.12. The average molecular weight is 191 g/mol. The first-order valence-electron chi connectivity index (χ1n) is 5.30. The molecule has 1 saturated carbocycles. The molecule has 1 aliphatic carbocycles. The minimum absolute atomic E-state index is 0.332. The van der Waals surface area contributed by atoms with Crippen molar-refractivity contribution in [1.29, 1.82) is 0 Å². The quantitative estimate of drug-likeness (QED) is 0.769. The predicted molar refractivity (Wildman–Crippen MR) is 57.2 cm³/mol. The van der Waals surface area contributed by atoms with Gasteiger partial charge in [-0.2, -0.15) is 0 Å². The zero-order chi connectivity index (χ0) is 9.97. The number of hydrogen-bond acceptors (Lipinski definition) is 2. The zero-order valence-corrected chi connectivity index (χ0v) is 8.32. The van der Waals surface area contributed by atoms with E-state index >= 15 is 0 Å². The van der Waals surface area contributed by atoms with Crippen LogP contribution in [0.5, 0.6) is 5.75 Å². The van der Waals surface area contributed by atoms with Gasteiger partial charge in [0.25, 0.3) is 0 Å². The van der Waals surface area contributed by atoms with Crippen LogP contribution in [0.1, 0.15) is 30.7 Å². The molecule has 0 aliphatic heterocycles. The van der Waals surface area contributed by atoms with Crippen LogP contribution in [0.2, 0.25) is 0 Å². The Labute approximate surface area is 84.7 Å². The lowest BCUT2D eigenvalue weighted by Gasteiger charge is -2.33. The molecule has 1 atom stereocenters. The van der Waals surface area contributed by atoms with Gasteiger partial charge in [-0.1, -0.05) is 18.6 Å². The molecule has 1 aliphatic rings. The van der Waals surface area contributed by atoms with E-state index in [4.69, 9.17) is 5.73 Å². The highest BCUT2D eigenvalue weighted by molar-refractivity contribution is 5.29. The Kier molecular flexibility index (Phi) is 2.73. The third-order valence-electron chi connectivity index (χ3n) is 3.29. The van der Waals surface area contributed by atoms with Gasteiger partial charge in [-0.25, -0.2) is 0 Å². The second kappa shape index (κ2) is 4.01. The number of hydrogen-bond donors (Lipinski definition) is 2. The summed E-state index contributed by atoms with van der Waals surface area (Å²) in [5, 5.41) is 9.19. The molecule has 14 heavy (non-hydrogen) atoms. The Morgan fingerprint density at radius 2 is 1.93 bits per heavy atom. The van der Waals surface area contributed by atoms with Crippen molar-refractivity contribution in [2.45, 2.75) is 25.2 Å². The molecule has 0 radical (unpaired) electrons. The van der Waals surface area contributed by atoms with Gasteiger partial charge < -0.3 is 10.8 Å². The zero-order valence-electron chi connectivity index (χ0n) is 8.32. The van der Waals surface area contributed by atoms with Crippen LogP contribution in [0, 0.1) is 5.92 Å². The fourth-order valence-electron chi connectivity index (χ4n) is 2.16. The van der Waals surface area contributed by atoms with Gasteiger partial charge in [-0.15, -0.1) is 0 Å². The predicted octanol–water partition coefficient (Wildman–Crippen LogP) is 2.23. The molecule has 1 fully saturated rings. The lowest BCUT2D eigenvalue weighted by molar-refractivity contribution is 0.264. The lowest BCUT2D eigenvalue weighted by Crippen LogP contribution is -2.26. The number of rotatable bonds is 3. The summed E-state index contributed by atoms with van der Waals surface area (Å²) in [4.78, 5) is 0. The number of nitrogens with two attached hydrogens (primary N) is 1. The molecule has 3 N–H and O–H groups in total. The summed E-state index contributed by atoms with van der Waals surface area (Å²) in [6.45, 7) is 0.718. The van der Waals surface area contributed by atoms with E-state index in [0.717, 1.165) is 12.5 Å². The van der Waals surface area contributed by atoms with Crippen molar-refractivity contribution in [3.63, 3.8) is 0 Å². The highest BCUT2D eigenvalue weighted by Gasteiger charge is 2.27. The van der Waals surface area contributed by atoms with Crippen LogP contribution in [0.4, 0.5) is 0 Å². The molecule has 0 saturated heterocycles. The molecule has 2 heteroatoms. The van der Waals surface area contributed by atoms with Gasteiger partial charge in [0, 0.05) is 0 Å². The van der Waals surface area contributed by atoms with Crippen LogP contribution in [0.3, 0.4) is 0 Å². The smallest absolute Gasteiger partial charge is 0.115 e. The van der Waals surface area contributed by atoms with E-state index in [1.165, 1.54) is 24.8 Å². The van der Waals surface area contributed by atoms with Crippen LogP contribution in [0.15, 0.2) is 24.3 Å². The molecule has 1 aromatic carbocycles. The minimum Gasteiger partial charge on any atom is -0.508 e. The van der Waals surface area contributed by atoms with Gasteiger partial charge in [0.15, 0.2) is 0 Å². The molecule has 2 nitrogen and oxygen atoms in total. The summed E-state index contributed by atoms with van der Waals surface area (Å²) in [6, 6.07) is 7.48. The molecule has 0 amide bonds. The average Bonchev–Trinajstić information content (AvgIpc) is 2.13. The van der Waals surface area contributed by atoms with Gasteiger partial charge in [0.1, 0.15) is 5.75 Å². The van der Waals surface area contributed by atoms with Gasteiger partial charge in [0.2, 0.25) is 0 Å². The highest BCUT2D eigenvalue weighted by atomic mass is 16.3. The maximum atomic E-state index is 9.19. The van der Waals surface area contributed by atoms with Crippen molar-refractivity contribution in [3.05, 3.63) is 29.8 Å². The number of phenols is 1. The van der Waals surface area contributed by atoms with E-state index < -0.39 is 0 Å². The van der Waals surface area contributed by atoms with Crippen molar-refractivity contribution in [1.82, 2.24) is 0 Å². The van der Waals surface area contributed by atoms with Crippen LogP contribution in [-0.2, 0) is 0 Å². The molecule has 0 bridgehead atoms. The molecule has 2 rings (SSSR count). The monoisotopic (exact) mass is 191 g/mol. The summed E-state index contributed by atoms with van der Waals surface area (Å²) in [6.07, 6.45) is 3.96. The summed E-state index contributed by atoms with van der Waals surface area (Å²) >= 11 is 0. The van der Waals surface area contributed by atoms with Crippen LogP contribution in [0.25, 0.3) is 0 Å². The van der Waals surface area contributed by atoms with E-state index in [1.54, 1.807) is 12.1 Å². The molecule has 0 aromatic heterocycles. The summed E-state index contributed by atoms with van der Waals surface area (Å²) in [5.41, 5.74) is 7.06. The molecular formula is C12H17NO. The van der Waals surface area contributed by atoms with Crippen molar-refractivity contribution in [3.8, 4) is 5.75 Å². The van der Waals surface area contributed by atoms with E-state index in [9.17, 15) is 5.11 Å². The summed E-state index contributed by atoms with van der Waals surface area (Å²) in [5.74, 6) is 1.59. The van der Waals surface area contributed by atoms with Gasteiger partial charge in [-0.05, 0) is 48.9 Å². The molecule has 1 aromatic rings. The fraction of sp³-hybridized carbons (Fsp3) is 0.500. The van der Waals surface area contributed by atoms with Crippen LogP contribution >= 0.6 is 0 Å².